The molecule has 0 rings (SSSR count). The fourth-order valence-electron chi connectivity index (χ4n) is 2.26. The summed E-state index contributed by atoms with van der Waals surface area (Å²) >= 11 is 0. The average molecular weight is 281 g/mol. The van der Waals surface area contributed by atoms with Crippen molar-refractivity contribution in [3.8, 4) is 0 Å². The molecule has 0 fully saturated rings. The molecular weight excluding hydrogens is 256 g/mol. The van der Waals surface area contributed by atoms with E-state index in [9.17, 15) is 9.59 Å². The minimum atomic E-state index is -0.611. The van der Waals surface area contributed by atoms with E-state index in [0.29, 0.717) is 19.3 Å². The van der Waals surface area contributed by atoms with Crippen molar-refractivity contribution < 1.29 is 19.1 Å². The largest absolute Gasteiger partial charge is 0.463 e. The lowest BCUT2D eigenvalue weighted by Crippen LogP contribution is -2.40. The zero-order valence-corrected chi connectivity index (χ0v) is 12.7. The smallest absolute Gasteiger partial charge is 0.330 e. The van der Waals surface area contributed by atoms with E-state index in [-0.39, 0.29) is 6.61 Å². The van der Waals surface area contributed by atoms with Crippen molar-refractivity contribution in [2.75, 3.05) is 6.61 Å². The van der Waals surface area contributed by atoms with E-state index in [1.54, 1.807) is 0 Å². The Balaban J connectivity index is 4.81. The molecule has 0 aliphatic heterocycles. The Hall–Kier alpha value is -1.58. The second-order valence-corrected chi connectivity index (χ2v) is 4.41. The molecule has 0 aromatic carbocycles. The highest BCUT2D eigenvalue weighted by Gasteiger charge is 2.38. The van der Waals surface area contributed by atoms with Crippen molar-refractivity contribution in [3.63, 3.8) is 0 Å². The highest BCUT2D eigenvalue weighted by molar-refractivity contribution is 5.82. The third kappa shape index (κ3) is 5.19. The lowest BCUT2D eigenvalue weighted by molar-refractivity contribution is -0.154. The van der Waals surface area contributed by atoms with E-state index in [2.05, 4.69) is 13.2 Å². The molecule has 1 radical (unpaired) electrons. The number of esters is 2. The van der Waals surface area contributed by atoms with Gasteiger partial charge < -0.3 is 9.47 Å². The summed E-state index contributed by atoms with van der Waals surface area (Å²) in [6.45, 7) is 13.0. The normalized spacial score (nSPS) is 11.0. The van der Waals surface area contributed by atoms with Crippen LogP contribution in [0.3, 0.4) is 0 Å². The van der Waals surface area contributed by atoms with Gasteiger partial charge >= 0.3 is 11.9 Å². The van der Waals surface area contributed by atoms with Gasteiger partial charge in [-0.25, -0.2) is 9.59 Å². The van der Waals surface area contributed by atoms with E-state index in [0.717, 1.165) is 18.4 Å². The SMILES string of the molecule is C=CC(=O)OCC[C](CC)C(CC)(CC)OC(=O)C=C. The van der Waals surface area contributed by atoms with Crippen molar-refractivity contribution in [2.45, 2.75) is 52.1 Å². The van der Waals surface area contributed by atoms with Crippen LogP contribution in [0.1, 0.15) is 46.5 Å². The number of carbonyl (C=O) groups excluding carboxylic acids is 2. The van der Waals surface area contributed by atoms with Crippen molar-refractivity contribution >= 4 is 11.9 Å². The summed E-state index contributed by atoms with van der Waals surface area (Å²) in [5.74, 6) is 0.194. The lowest BCUT2D eigenvalue weighted by Gasteiger charge is -2.38. The van der Waals surface area contributed by atoms with E-state index in [4.69, 9.17) is 9.47 Å². The van der Waals surface area contributed by atoms with Crippen LogP contribution in [0.4, 0.5) is 0 Å². The molecule has 0 atom stereocenters. The van der Waals surface area contributed by atoms with Gasteiger partial charge in [-0.05, 0) is 25.7 Å². The molecule has 0 N–H and O–H groups in total. The predicted molar refractivity (Wildman–Crippen MR) is 78.9 cm³/mol. The van der Waals surface area contributed by atoms with Gasteiger partial charge in [-0.1, -0.05) is 33.9 Å². The van der Waals surface area contributed by atoms with Crippen molar-refractivity contribution in [1.29, 1.82) is 0 Å². The molecule has 0 aliphatic rings. The van der Waals surface area contributed by atoms with Gasteiger partial charge in [0, 0.05) is 18.1 Å². The van der Waals surface area contributed by atoms with Gasteiger partial charge in [-0.2, -0.15) is 0 Å². The summed E-state index contributed by atoms with van der Waals surface area (Å²) in [4.78, 5) is 22.6. The maximum atomic E-state index is 11.5. The van der Waals surface area contributed by atoms with E-state index in [1.165, 1.54) is 6.08 Å². The van der Waals surface area contributed by atoms with Crippen LogP contribution in [0.15, 0.2) is 25.3 Å². The summed E-state index contributed by atoms with van der Waals surface area (Å²) in [6.07, 6.45) is 5.00. The summed E-state index contributed by atoms with van der Waals surface area (Å²) in [7, 11) is 0. The Kier molecular flexibility index (Phi) is 8.61. The Bertz CT molecular complexity index is 342. The van der Waals surface area contributed by atoms with Crippen LogP contribution in [0.5, 0.6) is 0 Å². The third-order valence-electron chi connectivity index (χ3n) is 3.49. The molecule has 0 spiro atoms. The minimum absolute atomic E-state index is 0.265. The first-order valence-corrected chi connectivity index (χ1v) is 6.99. The minimum Gasteiger partial charge on any atom is -0.463 e. The lowest BCUT2D eigenvalue weighted by atomic mass is 9.79. The van der Waals surface area contributed by atoms with Crippen LogP contribution in [0.2, 0.25) is 0 Å². The highest BCUT2D eigenvalue weighted by atomic mass is 16.6. The van der Waals surface area contributed by atoms with Crippen LogP contribution in [-0.4, -0.2) is 24.1 Å². The van der Waals surface area contributed by atoms with E-state index in [1.807, 2.05) is 20.8 Å². The zero-order chi connectivity index (χ0) is 15.6. The average Bonchev–Trinajstić information content (AvgIpc) is 2.49. The quantitative estimate of drug-likeness (QED) is 0.455. The second-order valence-electron chi connectivity index (χ2n) is 4.41. The van der Waals surface area contributed by atoms with Gasteiger partial charge in [0.15, 0.2) is 0 Å². The number of rotatable bonds is 10. The van der Waals surface area contributed by atoms with Gasteiger partial charge in [0.2, 0.25) is 0 Å². The monoisotopic (exact) mass is 281 g/mol. The summed E-state index contributed by atoms with van der Waals surface area (Å²) in [6, 6.07) is 0. The molecule has 20 heavy (non-hydrogen) atoms. The Morgan fingerprint density at radius 3 is 2.00 bits per heavy atom. The molecule has 4 heteroatoms. The standard InChI is InChI=1S/C16H25O4/c1-6-13(11-12-19-14(17)7-2)16(9-4,10-5)20-15(18)8-3/h7-8H,2-3,6,9-12H2,1,4-5H3. The molecule has 0 aliphatic carbocycles. The van der Waals surface area contributed by atoms with Gasteiger partial charge in [-0.3, -0.25) is 0 Å². The third-order valence-corrected chi connectivity index (χ3v) is 3.49. The van der Waals surface area contributed by atoms with E-state index < -0.39 is 17.5 Å². The zero-order valence-electron chi connectivity index (χ0n) is 12.7. The molecule has 0 saturated heterocycles. The van der Waals surface area contributed by atoms with Crippen molar-refractivity contribution in [2.24, 2.45) is 0 Å². The number of hydrogen-bond acceptors (Lipinski definition) is 4. The molecule has 0 saturated carbocycles. The fraction of sp³-hybridized carbons (Fsp3) is 0.562. The van der Waals surface area contributed by atoms with E-state index >= 15 is 0 Å². The Morgan fingerprint density at radius 1 is 1.05 bits per heavy atom. The molecule has 4 nitrogen and oxygen atoms in total. The van der Waals surface area contributed by atoms with Crippen molar-refractivity contribution in [3.05, 3.63) is 31.2 Å². The van der Waals surface area contributed by atoms with Crippen LogP contribution in [0.25, 0.3) is 0 Å². The molecular formula is C16H25O4. The number of carbonyl (C=O) groups is 2. The Labute approximate surface area is 121 Å². The fourth-order valence-corrected chi connectivity index (χ4v) is 2.26. The summed E-state index contributed by atoms with van der Waals surface area (Å²) < 4.78 is 10.6. The summed E-state index contributed by atoms with van der Waals surface area (Å²) in [5, 5.41) is 0. The highest BCUT2D eigenvalue weighted by Crippen LogP contribution is 2.36. The molecule has 0 amide bonds. The van der Waals surface area contributed by atoms with Crippen LogP contribution in [-0.2, 0) is 19.1 Å². The molecule has 0 heterocycles. The van der Waals surface area contributed by atoms with Crippen LogP contribution >= 0.6 is 0 Å². The Morgan fingerprint density at radius 2 is 1.60 bits per heavy atom. The molecule has 0 aromatic rings. The van der Waals surface area contributed by atoms with Gasteiger partial charge in [0.05, 0.1) is 6.61 Å². The molecule has 0 bridgehead atoms. The second kappa shape index (κ2) is 9.34. The molecule has 113 valence electrons. The van der Waals surface area contributed by atoms with Gasteiger partial charge in [0.25, 0.3) is 0 Å². The number of ether oxygens (including phenoxy) is 2. The van der Waals surface area contributed by atoms with Crippen LogP contribution in [0, 0.1) is 5.92 Å². The first-order chi connectivity index (χ1) is 9.49. The first-order valence-electron chi connectivity index (χ1n) is 6.99. The molecule has 0 aromatic heterocycles. The maximum absolute atomic E-state index is 11.5. The number of hydrogen-bond donors (Lipinski definition) is 0. The predicted octanol–water partition coefficient (Wildman–Crippen LogP) is 3.38. The van der Waals surface area contributed by atoms with Crippen LogP contribution < -0.4 is 0 Å². The van der Waals surface area contributed by atoms with Gasteiger partial charge in [-0.15, -0.1) is 0 Å². The topological polar surface area (TPSA) is 52.6 Å². The maximum Gasteiger partial charge on any atom is 0.330 e. The van der Waals surface area contributed by atoms with Gasteiger partial charge in [0.1, 0.15) is 5.60 Å². The summed E-state index contributed by atoms with van der Waals surface area (Å²) in [5.41, 5.74) is -0.611. The van der Waals surface area contributed by atoms with Crippen molar-refractivity contribution in [1.82, 2.24) is 0 Å². The first kappa shape index (κ1) is 18.4. The molecule has 0 unspecified atom stereocenters.